The molecular weight excluding hydrogens is 335 g/mol. The van der Waals surface area contributed by atoms with Crippen molar-refractivity contribution in [3.8, 4) is 0 Å². The Morgan fingerprint density at radius 3 is 2.64 bits per heavy atom. The van der Waals surface area contributed by atoms with Crippen molar-refractivity contribution in [2.45, 2.75) is 18.6 Å². The van der Waals surface area contributed by atoms with Crippen LogP contribution in [0, 0.1) is 5.82 Å². The van der Waals surface area contributed by atoms with Crippen LogP contribution < -0.4 is 10.6 Å². The average molecular weight is 356 g/mol. The fourth-order valence-corrected chi connectivity index (χ4v) is 3.34. The van der Waals surface area contributed by atoms with E-state index in [0.717, 1.165) is 31.7 Å². The Morgan fingerprint density at radius 1 is 1.16 bits per heavy atom. The Morgan fingerprint density at radius 2 is 1.92 bits per heavy atom. The minimum Gasteiger partial charge on any atom is -0.377 e. The Bertz CT molecular complexity index is 755. The molecule has 0 amide bonds. The van der Waals surface area contributed by atoms with Gasteiger partial charge in [-0.05, 0) is 36.1 Å². The zero-order valence-corrected chi connectivity index (χ0v) is 14.8. The van der Waals surface area contributed by atoms with Crippen molar-refractivity contribution < 1.29 is 4.39 Å². The van der Waals surface area contributed by atoms with Crippen LogP contribution in [0.1, 0.15) is 24.0 Å². The van der Waals surface area contributed by atoms with Gasteiger partial charge >= 0.3 is 0 Å². The van der Waals surface area contributed by atoms with Gasteiger partial charge < -0.3 is 10.6 Å². The van der Waals surface area contributed by atoms with Crippen LogP contribution in [0.2, 0.25) is 0 Å². The van der Waals surface area contributed by atoms with E-state index in [1.54, 1.807) is 6.07 Å². The minimum absolute atomic E-state index is 0.221. The number of halogens is 1. The highest BCUT2D eigenvalue weighted by molar-refractivity contribution is 8.13. The van der Waals surface area contributed by atoms with Gasteiger partial charge in [0.05, 0.1) is 11.9 Å². The lowest BCUT2D eigenvalue weighted by molar-refractivity contribution is 0.623. The van der Waals surface area contributed by atoms with Crippen LogP contribution in [0.25, 0.3) is 0 Å². The minimum atomic E-state index is -0.221. The van der Waals surface area contributed by atoms with Crippen LogP contribution >= 0.6 is 11.8 Å². The van der Waals surface area contributed by atoms with Gasteiger partial charge in [-0.3, -0.25) is 0 Å². The molecule has 1 fully saturated rings. The van der Waals surface area contributed by atoms with Crippen molar-refractivity contribution >= 4 is 28.8 Å². The van der Waals surface area contributed by atoms with E-state index in [1.165, 1.54) is 29.6 Å². The van der Waals surface area contributed by atoms with E-state index >= 15 is 0 Å². The predicted octanol–water partition coefficient (Wildman–Crippen LogP) is 4.01. The van der Waals surface area contributed by atoms with E-state index in [0.29, 0.717) is 16.4 Å². The van der Waals surface area contributed by atoms with Gasteiger partial charge in [0.25, 0.3) is 0 Å². The number of nitrogens with zero attached hydrogens (tertiary/aromatic N) is 3. The maximum Gasteiger partial charge on any atom is 0.180 e. The second-order valence-electron chi connectivity index (χ2n) is 5.86. The van der Waals surface area contributed by atoms with Crippen molar-refractivity contribution in [1.82, 2.24) is 0 Å². The Balaban J connectivity index is 1.56. The summed E-state index contributed by atoms with van der Waals surface area (Å²) in [6.07, 6.45) is 3.77. The summed E-state index contributed by atoms with van der Waals surface area (Å²) in [5.41, 5.74) is 8.35. The van der Waals surface area contributed by atoms with E-state index in [9.17, 15) is 4.39 Å². The molecule has 2 N–H and O–H groups in total. The molecule has 2 aromatic rings. The van der Waals surface area contributed by atoms with Gasteiger partial charge in [-0.25, -0.2) is 4.39 Å². The third-order valence-corrected chi connectivity index (χ3v) is 4.87. The molecule has 0 atom stereocenters. The first-order chi connectivity index (χ1) is 12.2. The van der Waals surface area contributed by atoms with Gasteiger partial charge in [-0.15, -0.1) is 5.10 Å². The zero-order valence-electron chi connectivity index (χ0n) is 13.9. The molecule has 0 radical (unpaired) electrons. The highest BCUT2D eigenvalue weighted by Crippen LogP contribution is 2.24. The molecule has 1 aliphatic heterocycles. The fraction of sp³-hybridized carbons (Fsp3) is 0.263. The summed E-state index contributed by atoms with van der Waals surface area (Å²) in [7, 11) is 0. The molecule has 0 unspecified atom stereocenters. The highest BCUT2D eigenvalue weighted by Gasteiger charge is 2.15. The van der Waals surface area contributed by atoms with Crippen molar-refractivity contribution in [2.24, 2.45) is 15.9 Å². The third-order valence-electron chi connectivity index (χ3n) is 4.01. The molecule has 0 spiro atoms. The summed E-state index contributed by atoms with van der Waals surface area (Å²) in [4.78, 5) is 2.08. The number of thioether (sulfide) groups is 1. The highest BCUT2D eigenvalue weighted by atomic mass is 32.2. The molecule has 1 aliphatic rings. The molecule has 0 bridgehead atoms. The summed E-state index contributed by atoms with van der Waals surface area (Å²) < 4.78 is 14.2. The molecule has 130 valence electrons. The molecule has 1 saturated heterocycles. The Labute approximate surface area is 151 Å². The Kier molecular flexibility index (Phi) is 6.06. The van der Waals surface area contributed by atoms with Crippen molar-refractivity contribution in [1.29, 1.82) is 0 Å². The zero-order chi connectivity index (χ0) is 17.5. The van der Waals surface area contributed by atoms with Crippen molar-refractivity contribution in [3.63, 3.8) is 0 Å². The first kappa shape index (κ1) is 17.5. The van der Waals surface area contributed by atoms with E-state index in [4.69, 9.17) is 5.73 Å². The van der Waals surface area contributed by atoms with Crippen molar-refractivity contribution in [2.75, 3.05) is 18.0 Å². The Hall–Kier alpha value is -2.34. The smallest absolute Gasteiger partial charge is 0.180 e. The molecule has 4 nitrogen and oxygen atoms in total. The van der Waals surface area contributed by atoms with Crippen molar-refractivity contribution in [3.05, 3.63) is 65.5 Å². The van der Waals surface area contributed by atoms with E-state index in [2.05, 4.69) is 15.1 Å². The fourth-order valence-electron chi connectivity index (χ4n) is 2.73. The van der Waals surface area contributed by atoms with Crippen LogP contribution in [-0.2, 0) is 5.75 Å². The second-order valence-corrected chi connectivity index (χ2v) is 6.86. The largest absolute Gasteiger partial charge is 0.377 e. The number of benzene rings is 2. The standard InChI is InChI=1S/C19H21FN4S/c20-17-12-16(8-9-18(17)24-10-4-5-11-24)13-22-23-19(21)25-14-15-6-2-1-3-7-15/h1-3,6-9,12-13H,4-5,10-11,14H2,(H2,21,23). The predicted molar refractivity (Wildman–Crippen MR) is 105 cm³/mol. The number of hydrogen-bond acceptors (Lipinski definition) is 4. The van der Waals surface area contributed by atoms with Crippen LogP contribution in [0.15, 0.2) is 58.7 Å². The normalized spacial score (nSPS) is 15.2. The van der Waals surface area contributed by atoms with Crippen LogP contribution in [-0.4, -0.2) is 24.5 Å². The van der Waals surface area contributed by atoms with Crippen LogP contribution in [0.5, 0.6) is 0 Å². The van der Waals surface area contributed by atoms with Gasteiger partial charge in [-0.1, -0.05) is 48.2 Å². The number of hydrogen-bond donors (Lipinski definition) is 1. The van der Waals surface area contributed by atoms with Crippen LogP contribution in [0.4, 0.5) is 10.1 Å². The summed E-state index contributed by atoms with van der Waals surface area (Å²) in [5.74, 6) is 0.520. The summed E-state index contributed by atoms with van der Waals surface area (Å²) >= 11 is 1.42. The van der Waals surface area contributed by atoms with Gasteiger partial charge in [0.15, 0.2) is 5.17 Å². The molecule has 2 aromatic carbocycles. The molecular formula is C19H21FN4S. The van der Waals surface area contributed by atoms with Gasteiger partial charge in [0, 0.05) is 18.8 Å². The van der Waals surface area contributed by atoms with Crippen LogP contribution in [0.3, 0.4) is 0 Å². The monoisotopic (exact) mass is 356 g/mol. The number of rotatable bonds is 5. The first-order valence-corrected chi connectivity index (χ1v) is 9.28. The topological polar surface area (TPSA) is 54.0 Å². The van der Waals surface area contributed by atoms with E-state index < -0.39 is 0 Å². The lowest BCUT2D eigenvalue weighted by Crippen LogP contribution is -2.18. The van der Waals surface area contributed by atoms with E-state index in [-0.39, 0.29) is 5.82 Å². The lowest BCUT2D eigenvalue weighted by atomic mass is 10.2. The SMILES string of the molecule is NC(=NN=Cc1ccc(N2CCCC2)c(F)c1)SCc1ccccc1. The van der Waals surface area contributed by atoms with Gasteiger partial charge in [0.1, 0.15) is 5.82 Å². The summed E-state index contributed by atoms with van der Waals surface area (Å²) in [5, 5.41) is 8.30. The van der Waals surface area contributed by atoms with E-state index in [1.807, 2.05) is 36.4 Å². The molecule has 3 rings (SSSR count). The molecule has 0 aromatic heterocycles. The number of anilines is 1. The van der Waals surface area contributed by atoms with Gasteiger partial charge in [-0.2, -0.15) is 5.10 Å². The second kappa shape index (κ2) is 8.67. The average Bonchev–Trinajstić information content (AvgIpc) is 3.15. The third kappa shape index (κ3) is 5.06. The lowest BCUT2D eigenvalue weighted by Gasteiger charge is -2.18. The maximum absolute atomic E-state index is 14.2. The quantitative estimate of drug-likeness (QED) is 0.500. The molecule has 0 aliphatic carbocycles. The molecule has 25 heavy (non-hydrogen) atoms. The maximum atomic E-state index is 14.2. The number of amidine groups is 1. The summed E-state index contributed by atoms with van der Waals surface area (Å²) in [6.45, 7) is 1.84. The van der Waals surface area contributed by atoms with Gasteiger partial charge in [0.2, 0.25) is 0 Å². The first-order valence-electron chi connectivity index (χ1n) is 8.30. The number of nitrogens with two attached hydrogens (primary N) is 1. The molecule has 6 heteroatoms. The summed E-state index contributed by atoms with van der Waals surface area (Å²) in [6, 6.07) is 15.2. The molecule has 1 heterocycles. The molecule has 0 saturated carbocycles.